The zero-order chi connectivity index (χ0) is 14.5. The Kier molecular flexibility index (Phi) is 7.84. The lowest BCUT2D eigenvalue weighted by Crippen LogP contribution is -2.45. The summed E-state index contributed by atoms with van der Waals surface area (Å²) in [6, 6.07) is 8.26. The molecule has 0 bridgehead atoms. The number of nitrogens with zero attached hydrogens (tertiary/aromatic N) is 1. The molecule has 0 atom stereocenters. The van der Waals surface area contributed by atoms with Crippen molar-refractivity contribution in [3.8, 4) is 0 Å². The molecule has 1 rings (SSSR count). The Hall–Kier alpha value is -1.06. The first-order valence-electron chi connectivity index (χ1n) is 7.00. The molecule has 3 nitrogen and oxygen atoms in total. The van der Waals surface area contributed by atoms with Gasteiger partial charge in [-0.3, -0.25) is 4.79 Å². The van der Waals surface area contributed by atoms with Gasteiger partial charge in [0.05, 0.1) is 5.41 Å². The van der Waals surface area contributed by atoms with E-state index in [1.165, 1.54) is 5.56 Å². The maximum Gasteiger partial charge on any atom is 0.230 e. The van der Waals surface area contributed by atoms with Crippen molar-refractivity contribution in [3.63, 3.8) is 0 Å². The summed E-state index contributed by atoms with van der Waals surface area (Å²) in [5.41, 5.74) is 7.81. The molecule has 1 aromatic carbocycles. The van der Waals surface area contributed by atoms with E-state index in [-0.39, 0.29) is 18.3 Å². The average molecular weight is 299 g/mol. The van der Waals surface area contributed by atoms with Gasteiger partial charge < -0.3 is 10.6 Å². The first kappa shape index (κ1) is 18.9. The van der Waals surface area contributed by atoms with Crippen LogP contribution >= 0.6 is 12.4 Å². The molecule has 0 saturated heterocycles. The number of halogens is 1. The van der Waals surface area contributed by atoms with Gasteiger partial charge in [0.2, 0.25) is 5.91 Å². The van der Waals surface area contributed by atoms with Crippen LogP contribution in [0.1, 0.15) is 37.8 Å². The van der Waals surface area contributed by atoms with E-state index >= 15 is 0 Å². The Morgan fingerprint density at radius 3 is 2.35 bits per heavy atom. The lowest BCUT2D eigenvalue weighted by Gasteiger charge is -2.33. The van der Waals surface area contributed by atoms with Crippen molar-refractivity contribution in [2.24, 2.45) is 11.1 Å². The third kappa shape index (κ3) is 4.22. The Labute approximate surface area is 128 Å². The van der Waals surface area contributed by atoms with Crippen molar-refractivity contribution in [1.29, 1.82) is 0 Å². The fraction of sp³-hybridized carbons (Fsp3) is 0.562. The molecule has 4 heteroatoms. The predicted molar refractivity (Wildman–Crippen MR) is 87.0 cm³/mol. The smallest absolute Gasteiger partial charge is 0.230 e. The number of hydrogen-bond acceptors (Lipinski definition) is 2. The lowest BCUT2D eigenvalue weighted by atomic mass is 9.81. The Morgan fingerprint density at radius 1 is 1.30 bits per heavy atom. The number of nitrogens with two attached hydrogens (primary N) is 1. The minimum Gasteiger partial charge on any atom is -0.341 e. The molecule has 0 spiro atoms. The maximum atomic E-state index is 12.6. The zero-order valence-corrected chi connectivity index (χ0v) is 13.8. The summed E-state index contributed by atoms with van der Waals surface area (Å²) >= 11 is 0. The summed E-state index contributed by atoms with van der Waals surface area (Å²) in [6.45, 7) is 7.19. The minimum atomic E-state index is -0.404. The topological polar surface area (TPSA) is 46.3 Å². The van der Waals surface area contributed by atoms with Gasteiger partial charge in [0.1, 0.15) is 0 Å². The van der Waals surface area contributed by atoms with Crippen LogP contribution in [0.5, 0.6) is 0 Å². The first-order valence-corrected chi connectivity index (χ1v) is 7.00. The van der Waals surface area contributed by atoms with Crippen LogP contribution in [-0.4, -0.2) is 24.4 Å². The van der Waals surface area contributed by atoms with E-state index in [1.807, 2.05) is 27.0 Å². The van der Waals surface area contributed by atoms with Gasteiger partial charge in [-0.25, -0.2) is 0 Å². The predicted octanol–water partition coefficient (Wildman–Crippen LogP) is 3.14. The molecule has 1 amide bonds. The highest BCUT2D eigenvalue weighted by molar-refractivity contribution is 5.85. The number of rotatable bonds is 6. The summed E-state index contributed by atoms with van der Waals surface area (Å²) in [6.07, 6.45) is 1.58. The van der Waals surface area contributed by atoms with Crippen LogP contribution in [-0.2, 0) is 11.3 Å². The van der Waals surface area contributed by atoms with Crippen LogP contribution in [0.15, 0.2) is 24.3 Å². The summed E-state index contributed by atoms with van der Waals surface area (Å²) in [5.74, 6) is 0.154. The van der Waals surface area contributed by atoms with Gasteiger partial charge in [-0.15, -0.1) is 12.4 Å². The van der Waals surface area contributed by atoms with Crippen LogP contribution in [0.2, 0.25) is 0 Å². The second-order valence-electron chi connectivity index (χ2n) is 5.34. The van der Waals surface area contributed by atoms with Crippen molar-refractivity contribution < 1.29 is 4.79 Å². The van der Waals surface area contributed by atoms with Crippen molar-refractivity contribution in [1.82, 2.24) is 4.90 Å². The summed E-state index contributed by atoms with van der Waals surface area (Å²) in [7, 11) is 1.86. The summed E-state index contributed by atoms with van der Waals surface area (Å²) in [5, 5.41) is 0. The maximum absolute atomic E-state index is 12.6. The van der Waals surface area contributed by atoms with E-state index in [2.05, 4.69) is 25.1 Å². The Balaban J connectivity index is 0.00000361. The van der Waals surface area contributed by atoms with Crippen molar-refractivity contribution in [3.05, 3.63) is 35.4 Å². The molecular formula is C16H27ClN2O. The van der Waals surface area contributed by atoms with Gasteiger partial charge in [-0.1, -0.05) is 43.7 Å². The number of carbonyl (C=O) groups is 1. The van der Waals surface area contributed by atoms with Crippen LogP contribution in [0.3, 0.4) is 0 Å². The largest absolute Gasteiger partial charge is 0.341 e. The second kappa shape index (κ2) is 8.28. The van der Waals surface area contributed by atoms with Gasteiger partial charge in [-0.2, -0.15) is 0 Å². The number of aryl methyl sites for hydroxylation is 1. The van der Waals surface area contributed by atoms with Crippen molar-refractivity contribution in [2.45, 2.75) is 40.2 Å². The van der Waals surface area contributed by atoms with E-state index in [4.69, 9.17) is 5.73 Å². The number of carbonyl (C=O) groups excluding carboxylic acids is 1. The molecule has 0 fully saturated rings. The number of amides is 1. The molecule has 20 heavy (non-hydrogen) atoms. The molecule has 114 valence electrons. The van der Waals surface area contributed by atoms with Gasteiger partial charge in [0.25, 0.3) is 0 Å². The van der Waals surface area contributed by atoms with E-state index in [1.54, 1.807) is 4.90 Å². The standard InChI is InChI=1S/C16H26N2O.ClH/c1-5-16(6-2,12-17)15(19)18(4)11-14-9-7-8-13(3)10-14;/h7-10H,5-6,11-12,17H2,1-4H3;1H. The molecule has 0 aliphatic heterocycles. The fourth-order valence-electron chi connectivity index (χ4n) is 2.49. The third-order valence-corrected chi connectivity index (χ3v) is 4.05. The highest BCUT2D eigenvalue weighted by Gasteiger charge is 2.35. The van der Waals surface area contributed by atoms with Crippen LogP contribution in [0.4, 0.5) is 0 Å². The molecule has 0 saturated carbocycles. The van der Waals surface area contributed by atoms with Crippen LogP contribution < -0.4 is 5.73 Å². The monoisotopic (exact) mass is 298 g/mol. The molecular weight excluding hydrogens is 272 g/mol. The normalized spacial score (nSPS) is 10.8. The first-order chi connectivity index (χ1) is 8.99. The van der Waals surface area contributed by atoms with Crippen LogP contribution in [0.25, 0.3) is 0 Å². The second-order valence-corrected chi connectivity index (χ2v) is 5.34. The van der Waals surface area contributed by atoms with Crippen molar-refractivity contribution in [2.75, 3.05) is 13.6 Å². The quantitative estimate of drug-likeness (QED) is 0.877. The third-order valence-electron chi connectivity index (χ3n) is 4.05. The molecule has 0 unspecified atom stereocenters. The molecule has 0 aliphatic rings. The Morgan fingerprint density at radius 2 is 1.90 bits per heavy atom. The average Bonchev–Trinajstić information content (AvgIpc) is 2.41. The van der Waals surface area contributed by atoms with Gasteiger partial charge in [0.15, 0.2) is 0 Å². The van der Waals surface area contributed by atoms with Gasteiger partial charge in [-0.05, 0) is 25.3 Å². The molecule has 0 aliphatic carbocycles. The summed E-state index contributed by atoms with van der Waals surface area (Å²) in [4.78, 5) is 14.4. The lowest BCUT2D eigenvalue weighted by molar-refractivity contribution is -0.141. The van der Waals surface area contributed by atoms with E-state index < -0.39 is 5.41 Å². The highest BCUT2D eigenvalue weighted by Crippen LogP contribution is 2.27. The fourth-order valence-corrected chi connectivity index (χ4v) is 2.49. The number of benzene rings is 1. The SMILES string of the molecule is CCC(CC)(CN)C(=O)N(C)Cc1cccc(C)c1.Cl. The zero-order valence-electron chi connectivity index (χ0n) is 13.0. The molecule has 0 heterocycles. The Bertz CT molecular complexity index is 422. The van der Waals surface area contributed by atoms with Gasteiger partial charge in [0, 0.05) is 20.1 Å². The van der Waals surface area contributed by atoms with E-state index in [9.17, 15) is 4.79 Å². The van der Waals surface area contributed by atoms with E-state index in [0.29, 0.717) is 13.1 Å². The van der Waals surface area contributed by atoms with E-state index in [0.717, 1.165) is 18.4 Å². The number of hydrogen-bond donors (Lipinski definition) is 1. The molecule has 0 radical (unpaired) electrons. The molecule has 2 N–H and O–H groups in total. The highest BCUT2D eigenvalue weighted by atomic mass is 35.5. The molecule has 0 aromatic heterocycles. The molecule has 1 aromatic rings. The minimum absolute atomic E-state index is 0. The van der Waals surface area contributed by atoms with Crippen LogP contribution in [0, 0.1) is 12.3 Å². The summed E-state index contributed by atoms with van der Waals surface area (Å²) < 4.78 is 0. The van der Waals surface area contributed by atoms with Gasteiger partial charge >= 0.3 is 0 Å². The van der Waals surface area contributed by atoms with Crippen molar-refractivity contribution >= 4 is 18.3 Å².